The Bertz CT molecular complexity index is 1090. The van der Waals surface area contributed by atoms with Crippen LogP contribution >= 0.6 is 11.3 Å². The molecule has 0 atom stereocenters. The molecule has 2 aromatic heterocycles. The first-order valence-corrected chi connectivity index (χ1v) is 10.7. The Labute approximate surface area is 179 Å². The Morgan fingerprint density at radius 1 is 1.03 bits per heavy atom. The molecular formula is C24H23N3O2S. The molecule has 0 aliphatic rings. The van der Waals surface area contributed by atoms with Crippen molar-refractivity contribution in [3.63, 3.8) is 0 Å². The maximum absolute atomic E-state index is 12.9. The van der Waals surface area contributed by atoms with E-state index in [1.807, 2.05) is 70.9 Å². The number of ether oxygens (including phenoxy) is 1. The summed E-state index contributed by atoms with van der Waals surface area (Å²) in [5.41, 5.74) is 3.62. The van der Waals surface area contributed by atoms with Crippen LogP contribution in [0, 0.1) is 0 Å². The van der Waals surface area contributed by atoms with Crippen LogP contribution in [0.15, 0.2) is 78.3 Å². The van der Waals surface area contributed by atoms with E-state index in [1.54, 1.807) is 18.4 Å². The minimum atomic E-state index is -0.105. The number of methoxy groups -OCH3 is 1. The molecule has 0 spiro atoms. The van der Waals surface area contributed by atoms with E-state index in [1.165, 1.54) is 0 Å². The van der Waals surface area contributed by atoms with Crippen molar-refractivity contribution in [3.05, 3.63) is 95.0 Å². The number of aromatic nitrogens is 2. The number of rotatable bonds is 8. The molecular weight excluding hydrogens is 394 g/mol. The monoisotopic (exact) mass is 417 g/mol. The highest BCUT2D eigenvalue weighted by Crippen LogP contribution is 2.27. The second-order valence-electron chi connectivity index (χ2n) is 6.91. The number of carbonyl (C=O) groups is 1. The lowest BCUT2D eigenvalue weighted by atomic mass is 10.1. The molecule has 4 aromatic rings. The van der Waals surface area contributed by atoms with E-state index >= 15 is 0 Å². The van der Waals surface area contributed by atoms with Crippen LogP contribution in [-0.2, 0) is 13.0 Å². The molecule has 0 unspecified atom stereocenters. The van der Waals surface area contributed by atoms with E-state index in [4.69, 9.17) is 9.84 Å². The lowest BCUT2D eigenvalue weighted by molar-refractivity contribution is 0.0954. The maximum atomic E-state index is 12.9. The van der Waals surface area contributed by atoms with Gasteiger partial charge in [-0.05, 0) is 41.1 Å². The van der Waals surface area contributed by atoms with E-state index < -0.39 is 0 Å². The van der Waals surface area contributed by atoms with Gasteiger partial charge in [-0.3, -0.25) is 9.48 Å². The maximum Gasteiger partial charge on any atom is 0.255 e. The average Bonchev–Trinajstić information content (AvgIpc) is 3.45. The lowest BCUT2D eigenvalue weighted by Gasteiger charge is -2.06. The number of hydrogen-bond acceptors (Lipinski definition) is 4. The Kier molecular flexibility index (Phi) is 6.25. The summed E-state index contributed by atoms with van der Waals surface area (Å²) >= 11 is 1.58. The predicted octanol–water partition coefficient (Wildman–Crippen LogP) is 4.64. The summed E-state index contributed by atoms with van der Waals surface area (Å²) in [6, 6.07) is 22.0. The first kappa shape index (κ1) is 19.9. The van der Waals surface area contributed by atoms with Crippen molar-refractivity contribution < 1.29 is 9.53 Å². The minimum absolute atomic E-state index is 0.105. The molecule has 1 amide bonds. The number of hydrogen-bond donors (Lipinski definition) is 1. The summed E-state index contributed by atoms with van der Waals surface area (Å²) in [6.07, 6.45) is 2.59. The average molecular weight is 418 g/mol. The summed E-state index contributed by atoms with van der Waals surface area (Å²) in [7, 11) is 1.65. The molecule has 6 heteroatoms. The van der Waals surface area contributed by atoms with Gasteiger partial charge < -0.3 is 10.1 Å². The van der Waals surface area contributed by atoms with E-state index in [-0.39, 0.29) is 5.91 Å². The molecule has 0 aliphatic carbocycles. The van der Waals surface area contributed by atoms with Gasteiger partial charge in [0.1, 0.15) is 11.4 Å². The largest absolute Gasteiger partial charge is 0.497 e. The highest BCUT2D eigenvalue weighted by molar-refractivity contribution is 7.13. The lowest BCUT2D eigenvalue weighted by Crippen LogP contribution is -2.25. The summed E-state index contributed by atoms with van der Waals surface area (Å²) < 4.78 is 7.02. The second kappa shape index (κ2) is 9.41. The molecule has 0 aliphatic heterocycles. The minimum Gasteiger partial charge on any atom is -0.497 e. The summed E-state index contributed by atoms with van der Waals surface area (Å²) in [5.74, 6) is 0.723. The van der Waals surface area contributed by atoms with Gasteiger partial charge in [-0.1, -0.05) is 48.5 Å². The molecule has 30 heavy (non-hydrogen) atoms. The van der Waals surface area contributed by atoms with E-state index in [0.29, 0.717) is 18.7 Å². The van der Waals surface area contributed by atoms with Crippen LogP contribution in [0.4, 0.5) is 0 Å². The third-order valence-corrected chi connectivity index (χ3v) is 5.68. The van der Waals surface area contributed by atoms with Crippen LogP contribution in [-0.4, -0.2) is 29.3 Å². The van der Waals surface area contributed by atoms with Gasteiger partial charge in [0.05, 0.1) is 24.1 Å². The smallest absolute Gasteiger partial charge is 0.255 e. The van der Waals surface area contributed by atoms with E-state index in [2.05, 4.69) is 17.4 Å². The van der Waals surface area contributed by atoms with Gasteiger partial charge >= 0.3 is 0 Å². The molecule has 0 saturated carbocycles. The van der Waals surface area contributed by atoms with Crippen molar-refractivity contribution in [3.8, 4) is 16.3 Å². The van der Waals surface area contributed by atoms with Crippen LogP contribution in [0.1, 0.15) is 21.5 Å². The Morgan fingerprint density at radius 2 is 1.83 bits per heavy atom. The van der Waals surface area contributed by atoms with Gasteiger partial charge in [0, 0.05) is 12.7 Å². The normalized spacial score (nSPS) is 10.7. The van der Waals surface area contributed by atoms with Gasteiger partial charge in [-0.25, -0.2) is 0 Å². The molecule has 2 aromatic carbocycles. The van der Waals surface area contributed by atoms with Gasteiger partial charge in [0.15, 0.2) is 0 Å². The van der Waals surface area contributed by atoms with Crippen molar-refractivity contribution in [2.24, 2.45) is 0 Å². The summed E-state index contributed by atoms with van der Waals surface area (Å²) in [6.45, 7) is 1.18. The number of carbonyl (C=O) groups excluding carboxylic acids is 1. The zero-order valence-electron chi connectivity index (χ0n) is 16.7. The molecule has 2 heterocycles. The quantitative estimate of drug-likeness (QED) is 0.454. The second-order valence-corrected chi connectivity index (χ2v) is 7.85. The number of benzene rings is 2. The fourth-order valence-electron chi connectivity index (χ4n) is 3.24. The zero-order valence-corrected chi connectivity index (χ0v) is 17.6. The molecule has 0 radical (unpaired) electrons. The van der Waals surface area contributed by atoms with Crippen molar-refractivity contribution in [1.29, 1.82) is 0 Å². The van der Waals surface area contributed by atoms with Crippen LogP contribution in [0.2, 0.25) is 0 Å². The molecule has 5 nitrogen and oxygen atoms in total. The standard InChI is InChI=1S/C24H23N3O2S/c1-29-20-11-9-18(10-12-20)13-14-25-24(28)21-17-27(16-19-6-3-2-4-7-19)26-23(21)22-8-5-15-30-22/h2-12,15,17H,13-14,16H2,1H3,(H,25,28). The van der Waals surface area contributed by atoms with Crippen LogP contribution in [0.3, 0.4) is 0 Å². The first-order chi connectivity index (χ1) is 14.7. The van der Waals surface area contributed by atoms with Crippen molar-refractivity contribution in [1.82, 2.24) is 15.1 Å². The van der Waals surface area contributed by atoms with E-state index in [9.17, 15) is 4.79 Å². The summed E-state index contributed by atoms with van der Waals surface area (Å²) in [5, 5.41) is 9.74. The topological polar surface area (TPSA) is 56.1 Å². The van der Waals surface area contributed by atoms with Crippen molar-refractivity contribution in [2.75, 3.05) is 13.7 Å². The fourth-order valence-corrected chi connectivity index (χ4v) is 3.97. The molecule has 1 N–H and O–H groups in total. The molecule has 0 bridgehead atoms. The van der Waals surface area contributed by atoms with Gasteiger partial charge in [-0.2, -0.15) is 5.10 Å². The summed E-state index contributed by atoms with van der Waals surface area (Å²) in [4.78, 5) is 13.9. The van der Waals surface area contributed by atoms with Gasteiger partial charge in [0.2, 0.25) is 0 Å². The Balaban J connectivity index is 1.47. The predicted molar refractivity (Wildman–Crippen MR) is 120 cm³/mol. The van der Waals surface area contributed by atoms with Crippen molar-refractivity contribution in [2.45, 2.75) is 13.0 Å². The van der Waals surface area contributed by atoms with Crippen LogP contribution < -0.4 is 10.1 Å². The Hall–Kier alpha value is -3.38. The van der Waals surface area contributed by atoms with Crippen LogP contribution in [0.5, 0.6) is 5.75 Å². The number of nitrogens with zero attached hydrogens (tertiary/aromatic N) is 2. The molecule has 4 rings (SSSR count). The van der Waals surface area contributed by atoms with E-state index in [0.717, 1.165) is 33.9 Å². The fraction of sp³-hybridized carbons (Fsp3) is 0.167. The van der Waals surface area contributed by atoms with Crippen molar-refractivity contribution >= 4 is 17.2 Å². The third-order valence-electron chi connectivity index (χ3n) is 4.81. The molecule has 0 saturated heterocycles. The SMILES string of the molecule is COc1ccc(CCNC(=O)c2cn(Cc3ccccc3)nc2-c2cccs2)cc1. The first-order valence-electron chi connectivity index (χ1n) is 9.79. The highest BCUT2D eigenvalue weighted by atomic mass is 32.1. The van der Waals surface area contributed by atoms with Gasteiger partial charge in [-0.15, -0.1) is 11.3 Å². The Morgan fingerprint density at radius 3 is 2.53 bits per heavy atom. The molecule has 0 fully saturated rings. The molecule has 152 valence electrons. The number of nitrogens with one attached hydrogen (secondary N) is 1. The third kappa shape index (κ3) is 4.78. The zero-order chi connectivity index (χ0) is 20.8. The number of thiophene rings is 1. The highest BCUT2D eigenvalue weighted by Gasteiger charge is 2.18. The van der Waals surface area contributed by atoms with Crippen LogP contribution in [0.25, 0.3) is 10.6 Å². The van der Waals surface area contributed by atoms with Gasteiger partial charge in [0.25, 0.3) is 5.91 Å². The number of amides is 1.